The van der Waals surface area contributed by atoms with Crippen molar-refractivity contribution >= 4 is 43.2 Å². The molecule has 0 aliphatic heterocycles. The van der Waals surface area contributed by atoms with Gasteiger partial charge in [0.2, 0.25) is 0 Å². The second-order valence-corrected chi connectivity index (χ2v) is 7.11. The Labute approximate surface area is 130 Å². The number of halogens is 3. The Morgan fingerprint density at radius 2 is 1.90 bits per heavy atom. The van der Waals surface area contributed by atoms with E-state index in [9.17, 15) is 12.8 Å². The SMILES string of the molecule is Cc1ccc(S(=O)(=O)Nc2cc(Cl)ccc2F)c(Br)c1. The minimum atomic E-state index is -3.90. The van der Waals surface area contributed by atoms with Gasteiger partial charge in [0.15, 0.2) is 0 Å². The quantitative estimate of drug-likeness (QED) is 0.863. The molecule has 106 valence electrons. The van der Waals surface area contributed by atoms with Gasteiger partial charge >= 0.3 is 0 Å². The molecular formula is C13H10BrClFNO2S. The first-order valence-electron chi connectivity index (χ1n) is 5.53. The maximum Gasteiger partial charge on any atom is 0.263 e. The van der Waals surface area contributed by atoms with Crippen LogP contribution in [0.25, 0.3) is 0 Å². The van der Waals surface area contributed by atoms with Crippen LogP contribution in [0.2, 0.25) is 5.02 Å². The van der Waals surface area contributed by atoms with Gasteiger partial charge in [-0.3, -0.25) is 4.72 Å². The van der Waals surface area contributed by atoms with Gasteiger partial charge in [0.05, 0.1) is 5.69 Å². The monoisotopic (exact) mass is 377 g/mol. The van der Waals surface area contributed by atoms with Crippen molar-refractivity contribution < 1.29 is 12.8 Å². The molecule has 0 atom stereocenters. The molecule has 1 N–H and O–H groups in total. The van der Waals surface area contributed by atoms with Gasteiger partial charge in [0.25, 0.3) is 10.0 Å². The maximum absolute atomic E-state index is 13.6. The highest BCUT2D eigenvalue weighted by Gasteiger charge is 2.19. The van der Waals surface area contributed by atoms with E-state index in [1.54, 1.807) is 12.1 Å². The summed E-state index contributed by atoms with van der Waals surface area (Å²) in [5, 5.41) is 0.243. The molecular weight excluding hydrogens is 369 g/mol. The first-order chi connectivity index (χ1) is 9.29. The number of benzene rings is 2. The van der Waals surface area contributed by atoms with E-state index in [4.69, 9.17) is 11.6 Å². The van der Waals surface area contributed by atoms with Crippen molar-refractivity contribution in [1.82, 2.24) is 0 Å². The van der Waals surface area contributed by atoms with Crippen molar-refractivity contribution in [2.24, 2.45) is 0 Å². The van der Waals surface area contributed by atoms with Crippen LogP contribution < -0.4 is 4.72 Å². The second-order valence-electron chi connectivity index (χ2n) is 4.16. The molecule has 0 amide bonds. The van der Waals surface area contributed by atoms with Crippen LogP contribution >= 0.6 is 27.5 Å². The number of sulfonamides is 1. The zero-order chi connectivity index (χ0) is 14.9. The molecule has 0 radical (unpaired) electrons. The van der Waals surface area contributed by atoms with E-state index in [0.717, 1.165) is 11.6 Å². The fourth-order valence-corrected chi connectivity index (χ4v) is 4.02. The number of nitrogens with one attached hydrogen (secondary N) is 1. The van der Waals surface area contributed by atoms with Gasteiger partial charge < -0.3 is 0 Å². The van der Waals surface area contributed by atoms with Gasteiger partial charge in [-0.2, -0.15) is 0 Å². The summed E-state index contributed by atoms with van der Waals surface area (Å²) < 4.78 is 40.7. The molecule has 0 aliphatic carbocycles. The molecule has 0 spiro atoms. The number of anilines is 1. The zero-order valence-corrected chi connectivity index (χ0v) is 13.5. The fourth-order valence-electron chi connectivity index (χ4n) is 1.60. The summed E-state index contributed by atoms with van der Waals surface area (Å²) in [4.78, 5) is 0.0301. The van der Waals surface area contributed by atoms with E-state index in [-0.39, 0.29) is 15.6 Å². The minimum Gasteiger partial charge on any atom is -0.277 e. The van der Waals surface area contributed by atoms with Gasteiger partial charge in [-0.15, -0.1) is 0 Å². The lowest BCUT2D eigenvalue weighted by Gasteiger charge is -2.11. The van der Waals surface area contributed by atoms with E-state index >= 15 is 0 Å². The van der Waals surface area contributed by atoms with Crippen molar-refractivity contribution in [2.75, 3.05) is 4.72 Å². The predicted octanol–water partition coefficient (Wildman–Crippen LogP) is 4.35. The molecule has 7 heteroatoms. The molecule has 0 aromatic heterocycles. The Morgan fingerprint density at radius 3 is 2.55 bits per heavy atom. The summed E-state index contributed by atoms with van der Waals surface area (Å²) in [6.45, 7) is 1.84. The molecule has 0 fully saturated rings. The van der Waals surface area contributed by atoms with Gasteiger partial charge in [0, 0.05) is 9.50 Å². The van der Waals surface area contributed by atoms with Crippen LogP contribution in [0.4, 0.5) is 10.1 Å². The highest BCUT2D eigenvalue weighted by molar-refractivity contribution is 9.10. The van der Waals surface area contributed by atoms with E-state index < -0.39 is 15.8 Å². The van der Waals surface area contributed by atoms with Gasteiger partial charge in [-0.1, -0.05) is 17.7 Å². The molecule has 0 bridgehead atoms. The summed E-state index contributed by atoms with van der Waals surface area (Å²) in [5.74, 6) is -0.693. The summed E-state index contributed by atoms with van der Waals surface area (Å²) in [6.07, 6.45) is 0. The van der Waals surface area contributed by atoms with Crippen molar-refractivity contribution in [2.45, 2.75) is 11.8 Å². The maximum atomic E-state index is 13.6. The third-order valence-electron chi connectivity index (χ3n) is 2.55. The average molecular weight is 379 g/mol. The highest BCUT2D eigenvalue weighted by atomic mass is 79.9. The van der Waals surface area contributed by atoms with Crippen LogP contribution in [-0.2, 0) is 10.0 Å². The predicted molar refractivity (Wildman–Crippen MR) is 81.1 cm³/mol. The molecule has 3 nitrogen and oxygen atoms in total. The van der Waals surface area contributed by atoms with Crippen molar-refractivity contribution in [3.8, 4) is 0 Å². The lowest BCUT2D eigenvalue weighted by Crippen LogP contribution is -2.14. The van der Waals surface area contributed by atoms with Crippen LogP contribution in [0.3, 0.4) is 0 Å². The van der Waals surface area contributed by atoms with Crippen molar-refractivity contribution in [3.63, 3.8) is 0 Å². The number of aryl methyl sites for hydroxylation is 1. The number of hydrogen-bond donors (Lipinski definition) is 1. The van der Waals surface area contributed by atoms with Crippen LogP contribution in [0, 0.1) is 12.7 Å². The zero-order valence-electron chi connectivity index (χ0n) is 10.3. The standard InChI is InChI=1S/C13H10BrClFNO2S/c1-8-2-5-13(10(14)6-8)20(18,19)17-12-7-9(15)3-4-11(12)16/h2-7,17H,1H3. The van der Waals surface area contributed by atoms with E-state index in [1.807, 2.05) is 6.92 Å². The van der Waals surface area contributed by atoms with E-state index in [2.05, 4.69) is 20.7 Å². The molecule has 2 rings (SSSR count). The smallest absolute Gasteiger partial charge is 0.263 e. The molecule has 0 heterocycles. The van der Waals surface area contributed by atoms with Crippen molar-refractivity contribution in [3.05, 3.63) is 57.3 Å². The first kappa shape index (κ1) is 15.3. The molecule has 20 heavy (non-hydrogen) atoms. The van der Waals surface area contributed by atoms with Gasteiger partial charge in [-0.05, 0) is 58.7 Å². The first-order valence-corrected chi connectivity index (χ1v) is 8.19. The Morgan fingerprint density at radius 1 is 1.20 bits per heavy atom. The third-order valence-corrected chi connectivity index (χ3v) is 5.13. The average Bonchev–Trinajstić information content (AvgIpc) is 2.33. The highest BCUT2D eigenvalue weighted by Crippen LogP contribution is 2.27. The van der Waals surface area contributed by atoms with Crippen LogP contribution in [0.1, 0.15) is 5.56 Å². The minimum absolute atomic E-state index is 0.0301. The molecule has 0 aliphatic rings. The topological polar surface area (TPSA) is 46.2 Å². The Balaban J connectivity index is 2.43. The molecule has 2 aromatic rings. The summed E-state index contributed by atoms with van der Waals surface area (Å²) in [5.41, 5.74) is 0.717. The number of hydrogen-bond acceptors (Lipinski definition) is 2. The van der Waals surface area contributed by atoms with Gasteiger partial charge in [-0.25, -0.2) is 12.8 Å². The molecule has 2 aromatic carbocycles. The van der Waals surface area contributed by atoms with Crippen LogP contribution in [-0.4, -0.2) is 8.42 Å². The largest absolute Gasteiger partial charge is 0.277 e. The van der Waals surface area contributed by atoms with E-state index in [1.165, 1.54) is 18.2 Å². The molecule has 0 saturated heterocycles. The molecule has 0 saturated carbocycles. The van der Waals surface area contributed by atoms with Crippen molar-refractivity contribution in [1.29, 1.82) is 0 Å². The van der Waals surface area contributed by atoms with Crippen LogP contribution in [0.5, 0.6) is 0 Å². The Bertz CT molecular complexity index is 765. The van der Waals surface area contributed by atoms with Crippen LogP contribution in [0.15, 0.2) is 45.8 Å². The lowest BCUT2D eigenvalue weighted by molar-refractivity contribution is 0.598. The normalized spacial score (nSPS) is 11.4. The fraction of sp³-hybridized carbons (Fsp3) is 0.0769. The second kappa shape index (κ2) is 5.71. The van der Waals surface area contributed by atoms with E-state index in [0.29, 0.717) is 4.47 Å². The third kappa shape index (κ3) is 3.31. The Kier molecular flexibility index (Phi) is 4.36. The van der Waals surface area contributed by atoms with Gasteiger partial charge in [0.1, 0.15) is 10.7 Å². The Hall–Kier alpha value is -1.11. The lowest BCUT2D eigenvalue weighted by atomic mass is 10.2. The summed E-state index contributed by atoms with van der Waals surface area (Å²) in [6, 6.07) is 8.44. The summed E-state index contributed by atoms with van der Waals surface area (Å²) >= 11 is 8.92. The summed E-state index contributed by atoms with van der Waals surface area (Å²) in [7, 11) is -3.90. The number of rotatable bonds is 3. The molecule has 0 unspecified atom stereocenters.